The van der Waals surface area contributed by atoms with Gasteiger partial charge in [-0.15, -0.1) is 0 Å². The highest BCUT2D eigenvalue weighted by molar-refractivity contribution is 5.79. The lowest BCUT2D eigenvalue weighted by molar-refractivity contribution is -0.123. The Hall–Kier alpha value is -1.15. The summed E-state index contributed by atoms with van der Waals surface area (Å²) < 4.78 is 5.80. The van der Waals surface area contributed by atoms with E-state index >= 15 is 0 Å². The Balaban J connectivity index is 1.79. The van der Waals surface area contributed by atoms with Crippen LogP contribution in [0.25, 0.3) is 0 Å². The minimum Gasteiger partial charge on any atom is -0.374 e. The van der Waals surface area contributed by atoms with Gasteiger partial charge in [0.25, 0.3) is 0 Å². The lowest BCUT2D eigenvalue weighted by Gasteiger charge is -2.21. The van der Waals surface area contributed by atoms with E-state index in [4.69, 9.17) is 4.74 Å². The van der Waals surface area contributed by atoms with Crippen LogP contribution >= 0.6 is 0 Å². The van der Waals surface area contributed by atoms with E-state index in [2.05, 4.69) is 31.2 Å². The second kappa shape index (κ2) is 5.26. The van der Waals surface area contributed by atoms with Crippen molar-refractivity contribution in [1.29, 1.82) is 0 Å². The van der Waals surface area contributed by atoms with Crippen LogP contribution in [0, 0.1) is 6.92 Å². The Morgan fingerprint density at radius 1 is 1.19 bits per heavy atom. The molecule has 1 saturated carbocycles. The predicted molar refractivity (Wildman–Crippen MR) is 63.2 cm³/mol. The third-order valence-corrected chi connectivity index (χ3v) is 3.10. The largest absolute Gasteiger partial charge is 0.374 e. The molecule has 1 aliphatic rings. The number of ketones is 1. The van der Waals surface area contributed by atoms with Gasteiger partial charge < -0.3 is 4.74 Å². The average molecular weight is 218 g/mol. The SMILES string of the molecule is Cc1ccc(COC2CCC(=O)CC2)cc1. The van der Waals surface area contributed by atoms with Crippen molar-refractivity contribution < 1.29 is 9.53 Å². The molecule has 2 rings (SSSR count). The molecule has 0 aromatic heterocycles. The zero-order valence-electron chi connectivity index (χ0n) is 9.74. The Kier molecular flexibility index (Phi) is 3.73. The highest BCUT2D eigenvalue weighted by Crippen LogP contribution is 2.19. The minimum atomic E-state index is 0.277. The van der Waals surface area contributed by atoms with E-state index in [1.54, 1.807) is 0 Å². The molecule has 16 heavy (non-hydrogen) atoms. The topological polar surface area (TPSA) is 26.3 Å². The number of carbonyl (C=O) groups is 1. The fraction of sp³-hybridized carbons (Fsp3) is 0.500. The second-order valence-corrected chi connectivity index (χ2v) is 4.53. The summed E-state index contributed by atoms with van der Waals surface area (Å²) in [4.78, 5) is 11.1. The third-order valence-electron chi connectivity index (χ3n) is 3.10. The van der Waals surface area contributed by atoms with E-state index in [1.807, 2.05) is 0 Å². The van der Waals surface area contributed by atoms with E-state index < -0.39 is 0 Å². The number of hydrogen-bond acceptors (Lipinski definition) is 2. The summed E-state index contributed by atoms with van der Waals surface area (Å²) in [5, 5.41) is 0. The molecule has 1 fully saturated rings. The highest BCUT2D eigenvalue weighted by atomic mass is 16.5. The molecule has 1 aromatic rings. The van der Waals surface area contributed by atoms with E-state index in [0.717, 1.165) is 12.8 Å². The molecule has 0 amide bonds. The first-order valence-corrected chi connectivity index (χ1v) is 5.93. The van der Waals surface area contributed by atoms with Crippen molar-refractivity contribution in [3.63, 3.8) is 0 Å². The minimum absolute atomic E-state index is 0.277. The van der Waals surface area contributed by atoms with Crippen LogP contribution in [-0.4, -0.2) is 11.9 Å². The molecule has 0 N–H and O–H groups in total. The van der Waals surface area contributed by atoms with E-state index in [1.165, 1.54) is 11.1 Å². The molecule has 2 heteroatoms. The molecular formula is C14H18O2. The first kappa shape index (κ1) is 11.3. The molecule has 0 bridgehead atoms. The van der Waals surface area contributed by atoms with Crippen molar-refractivity contribution in [3.05, 3.63) is 35.4 Å². The number of benzene rings is 1. The van der Waals surface area contributed by atoms with Gasteiger partial charge in [-0.1, -0.05) is 29.8 Å². The molecule has 1 aliphatic carbocycles. The van der Waals surface area contributed by atoms with Crippen molar-refractivity contribution >= 4 is 5.78 Å². The summed E-state index contributed by atoms with van der Waals surface area (Å²) >= 11 is 0. The number of hydrogen-bond donors (Lipinski definition) is 0. The number of carbonyl (C=O) groups excluding carboxylic acids is 1. The number of aryl methyl sites for hydroxylation is 1. The van der Waals surface area contributed by atoms with Gasteiger partial charge in [-0.25, -0.2) is 0 Å². The Labute approximate surface area is 96.6 Å². The van der Waals surface area contributed by atoms with Crippen LogP contribution in [0.1, 0.15) is 36.8 Å². The van der Waals surface area contributed by atoms with Gasteiger partial charge in [-0.2, -0.15) is 0 Å². The molecule has 2 nitrogen and oxygen atoms in total. The molecule has 0 heterocycles. The summed E-state index contributed by atoms with van der Waals surface area (Å²) in [7, 11) is 0. The van der Waals surface area contributed by atoms with Gasteiger partial charge in [-0.05, 0) is 25.3 Å². The summed E-state index contributed by atoms with van der Waals surface area (Å²) in [5.41, 5.74) is 2.48. The van der Waals surface area contributed by atoms with Crippen molar-refractivity contribution in [2.45, 2.75) is 45.3 Å². The van der Waals surface area contributed by atoms with Gasteiger partial charge in [-0.3, -0.25) is 4.79 Å². The zero-order valence-corrected chi connectivity index (χ0v) is 9.74. The van der Waals surface area contributed by atoms with Crippen LogP contribution in [-0.2, 0) is 16.1 Å². The number of Topliss-reactive ketones (excluding diaryl/α,β-unsaturated/α-hetero) is 1. The van der Waals surface area contributed by atoms with Gasteiger partial charge in [0.05, 0.1) is 12.7 Å². The molecule has 0 spiro atoms. The standard InChI is InChI=1S/C14H18O2/c1-11-2-4-12(5-3-11)10-16-14-8-6-13(15)7-9-14/h2-5,14H,6-10H2,1H3. The first-order valence-electron chi connectivity index (χ1n) is 5.93. The fourth-order valence-corrected chi connectivity index (χ4v) is 1.98. The van der Waals surface area contributed by atoms with Crippen LogP contribution in [0.5, 0.6) is 0 Å². The molecule has 86 valence electrons. The lowest BCUT2D eigenvalue weighted by Crippen LogP contribution is -2.21. The average Bonchev–Trinajstić information content (AvgIpc) is 2.30. The second-order valence-electron chi connectivity index (χ2n) is 4.53. The quantitative estimate of drug-likeness (QED) is 0.779. The Bertz CT molecular complexity index is 344. The van der Waals surface area contributed by atoms with Crippen molar-refractivity contribution in [2.24, 2.45) is 0 Å². The van der Waals surface area contributed by atoms with Gasteiger partial charge in [0.15, 0.2) is 0 Å². The van der Waals surface area contributed by atoms with Crippen LogP contribution < -0.4 is 0 Å². The van der Waals surface area contributed by atoms with E-state index in [0.29, 0.717) is 25.2 Å². The normalized spacial score (nSPS) is 17.7. The van der Waals surface area contributed by atoms with Gasteiger partial charge >= 0.3 is 0 Å². The van der Waals surface area contributed by atoms with E-state index in [9.17, 15) is 4.79 Å². The Morgan fingerprint density at radius 3 is 2.44 bits per heavy atom. The van der Waals surface area contributed by atoms with Gasteiger partial charge in [0.1, 0.15) is 5.78 Å². The maximum atomic E-state index is 11.1. The number of rotatable bonds is 3. The van der Waals surface area contributed by atoms with Crippen LogP contribution in [0.3, 0.4) is 0 Å². The summed E-state index contributed by atoms with van der Waals surface area (Å²) in [6.07, 6.45) is 3.45. The Morgan fingerprint density at radius 2 is 1.81 bits per heavy atom. The summed E-state index contributed by atoms with van der Waals surface area (Å²) in [6, 6.07) is 8.40. The maximum absolute atomic E-state index is 11.1. The summed E-state index contributed by atoms with van der Waals surface area (Å²) in [5.74, 6) is 0.384. The molecule has 0 aliphatic heterocycles. The smallest absolute Gasteiger partial charge is 0.133 e. The van der Waals surface area contributed by atoms with Gasteiger partial charge in [0.2, 0.25) is 0 Å². The van der Waals surface area contributed by atoms with E-state index in [-0.39, 0.29) is 6.10 Å². The summed E-state index contributed by atoms with van der Waals surface area (Å²) in [6.45, 7) is 2.75. The van der Waals surface area contributed by atoms with Crippen LogP contribution in [0.15, 0.2) is 24.3 Å². The molecular weight excluding hydrogens is 200 g/mol. The highest BCUT2D eigenvalue weighted by Gasteiger charge is 2.18. The lowest BCUT2D eigenvalue weighted by atomic mass is 9.96. The zero-order chi connectivity index (χ0) is 11.4. The fourth-order valence-electron chi connectivity index (χ4n) is 1.98. The molecule has 0 saturated heterocycles. The maximum Gasteiger partial charge on any atom is 0.133 e. The predicted octanol–water partition coefficient (Wildman–Crippen LogP) is 3.02. The monoisotopic (exact) mass is 218 g/mol. The molecule has 0 atom stereocenters. The van der Waals surface area contributed by atoms with Crippen LogP contribution in [0.4, 0.5) is 0 Å². The molecule has 0 radical (unpaired) electrons. The molecule has 0 unspecified atom stereocenters. The van der Waals surface area contributed by atoms with Crippen molar-refractivity contribution in [3.8, 4) is 0 Å². The number of ether oxygens (including phenoxy) is 1. The van der Waals surface area contributed by atoms with Crippen molar-refractivity contribution in [2.75, 3.05) is 0 Å². The van der Waals surface area contributed by atoms with Gasteiger partial charge in [0, 0.05) is 12.8 Å². The molecule has 1 aromatic carbocycles. The van der Waals surface area contributed by atoms with Crippen LogP contribution in [0.2, 0.25) is 0 Å². The third kappa shape index (κ3) is 3.17. The van der Waals surface area contributed by atoms with Crippen molar-refractivity contribution in [1.82, 2.24) is 0 Å². The first-order chi connectivity index (χ1) is 7.74.